The molecular formula is C27H29ClF2N2O3S. The quantitative estimate of drug-likeness (QED) is 0.301. The summed E-state index contributed by atoms with van der Waals surface area (Å²) < 4.78 is 33.0. The van der Waals surface area contributed by atoms with Gasteiger partial charge in [-0.1, -0.05) is 17.7 Å². The molecule has 0 spiro atoms. The van der Waals surface area contributed by atoms with Crippen molar-refractivity contribution in [2.75, 3.05) is 32.5 Å². The average molecular weight is 535 g/mol. The van der Waals surface area contributed by atoms with Crippen molar-refractivity contribution >= 4 is 40.2 Å². The second-order valence-electron chi connectivity index (χ2n) is 9.15. The number of benzene rings is 2. The molecule has 36 heavy (non-hydrogen) atoms. The summed E-state index contributed by atoms with van der Waals surface area (Å²) in [5.74, 6) is -0.613. The number of nitrogens with zero attached hydrogens (tertiary/aromatic N) is 2. The molecule has 1 aromatic heterocycles. The molecule has 0 unspecified atom stereocenters. The predicted molar refractivity (Wildman–Crippen MR) is 139 cm³/mol. The molecule has 9 heteroatoms. The molecule has 1 aliphatic rings. The minimum Gasteiger partial charge on any atom is -0.497 e. The van der Waals surface area contributed by atoms with Gasteiger partial charge >= 0.3 is 5.97 Å². The molecule has 0 bridgehead atoms. The first-order chi connectivity index (χ1) is 17.3. The SMILES string of the molecule is COc1ccc2ncc(Cl)c(CCCC3(C(=O)O)CCN(CCSc4c(F)cccc4F)CC3)c2c1. The van der Waals surface area contributed by atoms with E-state index in [0.29, 0.717) is 62.5 Å². The van der Waals surface area contributed by atoms with E-state index in [2.05, 4.69) is 9.88 Å². The highest BCUT2D eigenvalue weighted by molar-refractivity contribution is 7.99. The number of ether oxygens (including phenoxy) is 1. The summed E-state index contributed by atoms with van der Waals surface area (Å²) in [6.45, 7) is 1.93. The number of fused-ring (bicyclic) bond motifs is 1. The molecule has 0 atom stereocenters. The molecule has 1 aliphatic heterocycles. The van der Waals surface area contributed by atoms with Crippen LogP contribution < -0.4 is 4.74 Å². The van der Waals surface area contributed by atoms with Crippen molar-refractivity contribution in [1.29, 1.82) is 0 Å². The Morgan fingerprint density at radius 2 is 1.94 bits per heavy atom. The van der Waals surface area contributed by atoms with Crippen LogP contribution >= 0.6 is 23.4 Å². The number of halogens is 3. The highest BCUT2D eigenvalue weighted by Gasteiger charge is 2.40. The summed E-state index contributed by atoms with van der Waals surface area (Å²) in [6.07, 6.45) is 4.61. The standard InChI is InChI=1S/C27H29ClF2N2O3S/c1-35-18-7-8-24-20(16-18)19(21(28)17-31-24)4-3-9-27(26(33)34)10-12-32(13-11-27)14-15-36-25-22(29)5-2-6-23(25)30/h2,5-8,16-17H,3-4,9-15H2,1H3,(H,33,34). The minimum absolute atomic E-state index is 0.0364. The molecule has 4 rings (SSSR count). The average Bonchev–Trinajstić information content (AvgIpc) is 2.87. The third-order valence-corrected chi connectivity index (χ3v) is 8.45. The lowest BCUT2D eigenvalue weighted by molar-refractivity contribution is -0.152. The van der Waals surface area contributed by atoms with Gasteiger partial charge < -0.3 is 14.7 Å². The van der Waals surface area contributed by atoms with Crippen molar-refractivity contribution in [3.8, 4) is 5.75 Å². The van der Waals surface area contributed by atoms with Gasteiger partial charge in [0, 0.05) is 23.9 Å². The first-order valence-corrected chi connectivity index (χ1v) is 13.3. The second kappa shape index (κ2) is 11.8. The van der Waals surface area contributed by atoms with Crippen molar-refractivity contribution in [1.82, 2.24) is 9.88 Å². The summed E-state index contributed by atoms with van der Waals surface area (Å²) in [4.78, 5) is 18.9. The van der Waals surface area contributed by atoms with E-state index in [1.165, 1.54) is 18.2 Å². The van der Waals surface area contributed by atoms with E-state index >= 15 is 0 Å². The van der Waals surface area contributed by atoms with Crippen molar-refractivity contribution < 1.29 is 23.4 Å². The number of pyridine rings is 1. The van der Waals surface area contributed by atoms with Crippen LogP contribution in [0.5, 0.6) is 5.75 Å². The number of aromatic nitrogens is 1. The Labute approximate surface area is 218 Å². The molecule has 0 radical (unpaired) electrons. The molecule has 2 aromatic carbocycles. The largest absolute Gasteiger partial charge is 0.497 e. The maximum Gasteiger partial charge on any atom is 0.309 e. The Balaban J connectivity index is 1.34. The first-order valence-electron chi connectivity index (χ1n) is 12.0. The van der Waals surface area contributed by atoms with Crippen LogP contribution in [0.25, 0.3) is 10.9 Å². The molecule has 0 amide bonds. The van der Waals surface area contributed by atoms with Gasteiger partial charge in [0.25, 0.3) is 0 Å². The van der Waals surface area contributed by atoms with Crippen molar-refractivity contribution in [3.63, 3.8) is 0 Å². The number of carbonyl (C=O) groups is 1. The summed E-state index contributed by atoms with van der Waals surface area (Å²) in [7, 11) is 1.61. The summed E-state index contributed by atoms with van der Waals surface area (Å²) in [6, 6.07) is 9.53. The lowest BCUT2D eigenvalue weighted by Gasteiger charge is -2.39. The molecule has 0 saturated carbocycles. The lowest BCUT2D eigenvalue weighted by atomic mass is 9.74. The van der Waals surface area contributed by atoms with E-state index < -0.39 is 23.0 Å². The number of aryl methyl sites for hydroxylation is 1. The fourth-order valence-corrected chi connectivity index (χ4v) is 6.07. The fraction of sp³-hybridized carbons (Fsp3) is 0.407. The zero-order valence-electron chi connectivity index (χ0n) is 20.1. The van der Waals surface area contributed by atoms with Gasteiger partial charge in [0.2, 0.25) is 0 Å². The monoisotopic (exact) mass is 534 g/mol. The summed E-state index contributed by atoms with van der Waals surface area (Å²) in [5, 5.41) is 11.6. The highest BCUT2D eigenvalue weighted by atomic mass is 35.5. The molecule has 0 aliphatic carbocycles. The highest BCUT2D eigenvalue weighted by Crippen LogP contribution is 2.38. The first kappa shape index (κ1) is 26.6. The molecule has 192 valence electrons. The molecule has 5 nitrogen and oxygen atoms in total. The normalized spacial score (nSPS) is 15.8. The number of carboxylic acid groups (broad SMARTS) is 1. The Kier molecular flexibility index (Phi) is 8.70. The fourth-order valence-electron chi connectivity index (χ4n) is 4.86. The van der Waals surface area contributed by atoms with Crippen LogP contribution in [-0.2, 0) is 11.2 Å². The van der Waals surface area contributed by atoms with Gasteiger partial charge in [-0.3, -0.25) is 9.78 Å². The lowest BCUT2D eigenvalue weighted by Crippen LogP contribution is -2.45. The van der Waals surface area contributed by atoms with Gasteiger partial charge in [-0.05, 0) is 81.1 Å². The predicted octanol–water partition coefficient (Wildman–Crippen LogP) is 6.46. The van der Waals surface area contributed by atoms with Crippen LogP contribution in [0.4, 0.5) is 8.78 Å². The van der Waals surface area contributed by atoms with Gasteiger partial charge in [-0.15, -0.1) is 11.8 Å². The van der Waals surface area contributed by atoms with E-state index in [1.807, 2.05) is 18.2 Å². The van der Waals surface area contributed by atoms with Crippen LogP contribution in [0.2, 0.25) is 5.02 Å². The summed E-state index contributed by atoms with van der Waals surface area (Å²) >= 11 is 7.63. The molecule has 1 saturated heterocycles. The smallest absolute Gasteiger partial charge is 0.309 e. The number of piperidine rings is 1. The number of carboxylic acids is 1. The molecular weight excluding hydrogens is 506 g/mol. The number of hydrogen-bond acceptors (Lipinski definition) is 5. The molecule has 2 heterocycles. The topological polar surface area (TPSA) is 62.7 Å². The van der Waals surface area contributed by atoms with Crippen molar-refractivity contribution in [2.45, 2.75) is 37.0 Å². The number of hydrogen-bond donors (Lipinski definition) is 1. The number of aliphatic carboxylic acids is 1. The third kappa shape index (κ3) is 5.93. The Morgan fingerprint density at radius 3 is 2.61 bits per heavy atom. The van der Waals surface area contributed by atoms with E-state index in [1.54, 1.807) is 13.3 Å². The van der Waals surface area contributed by atoms with Gasteiger partial charge in [0.15, 0.2) is 0 Å². The molecule has 1 N–H and O–H groups in total. The summed E-state index contributed by atoms with van der Waals surface area (Å²) in [5.41, 5.74) is 0.995. The van der Waals surface area contributed by atoms with E-state index in [0.717, 1.165) is 34.0 Å². The Bertz CT molecular complexity index is 1210. The third-order valence-electron chi connectivity index (χ3n) is 7.06. The molecule has 3 aromatic rings. The van der Waals surface area contributed by atoms with Crippen LogP contribution in [0, 0.1) is 17.0 Å². The van der Waals surface area contributed by atoms with E-state index in [9.17, 15) is 18.7 Å². The number of methoxy groups -OCH3 is 1. The minimum atomic E-state index is -0.783. The van der Waals surface area contributed by atoms with Gasteiger partial charge in [-0.25, -0.2) is 8.78 Å². The zero-order chi connectivity index (χ0) is 25.7. The van der Waals surface area contributed by atoms with Gasteiger partial charge in [-0.2, -0.15) is 0 Å². The molecule has 1 fully saturated rings. The van der Waals surface area contributed by atoms with Crippen LogP contribution in [0.15, 0.2) is 47.5 Å². The van der Waals surface area contributed by atoms with Crippen molar-refractivity contribution in [3.05, 3.63) is 64.8 Å². The van der Waals surface area contributed by atoms with Crippen molar-refractivity contribution in [2.24, 2.45) is 5.41 Å². The Morgan fingerprint density at radius 1 is 1.22 bits per heavy atom. The van der Waals surface area contributed by atoms with Crippen LogP contribution in [0.1, 0.15) is 31.2 Å². The van der Waals surface area contributed by atoms with Crippen LogP contribution in [-0.4, -0.2) is 53.5 Å². The number of rotatable bonds is 10. The maximum atomic E-state index is 13.8. The maximum absolute atomic E-state index is 13.8. The van der Waals surface area contributed by atoms with Gasteiger partial charge in [0.05, 0.1) is 28.0 Å². The van der Waals surface area contributed by atoms with E-state index in [4.69, 9.17) is 16.3 Å². The zero-order valence-corrected chi connectivity index (χ0v) is 21.7. The Hall–Kier alpha value is -2.42. The number of likely N-dealkylation sites (tertiary alicyclic amines) is 1. The number of thioether (sulfide) groups is 1. The second-order valence-corrected chi connectivity index (χ2v) is 10.7. The van der Waals surface area contributed by atoms with Gasteiger partial charge in [0.1, 0.15) is 17.4 Å². The van der Waals surface area contributed by atoms with Crippen LogP contribution in [0.3, 0.4) is 0 Å². The van der Waals surface area contributed by atoms with E-state index in [-0.39, 0.29) is 4.90 Å².